The van der Waals surface area contributed by atoms with E-state index in [-0.39, 0.29) is 11.9 Å². The van der Waals surface area contributed by atoms with Crippen LogP contribution in [0.3, 0.4) is 0 Å². The molecule has 0 unspecified atom stereocenters. The topological polar surface area (TPSA) is 68.4 Å². The molecule has 0 radical (unpaired) electrons. The molecule has 1 N–H and O–H groups in total. The molecule has 5 heteroatoms. The lowest BCUT2D eigenvalue weighted by Gasteiger charge is -2.01. The van der Waals surface area contributed by atoms with Crippen LogP contribution >= 0.6 is 0 Å². The van der Waals surface area contributed by atoms with Crippen LogP contribution in [-0.4, -0.2) is 30.1 Å². The first-order valence-electron chi connectivity index (χ1n) is 7.53. The minimum absolute atomic E-state index is 0.340. The van der Waals surface area contributed by atoms with E-state index >= 15 is 0 Å². The number of fused-ring (bicyclic) bond motifs is 3. The van der Waals surface area contributed by atoms with Gasteiger partial charge in [0.1, 0.15) is 0 Å². The number of carbonyl (C=O) groups is 2. The van der Waals surface area contributed by atoms with Gasteiger partial charge in [-0.2, -0.15) is 0 Å². The Labute approximate surface area is 133 Å². The fourth-order valence-electron chi connectivity index (χ4n) is 2.59. The third-order valence-electron chi connectivity index (χ3n) is 3.62. The van der Waals surface area contributed by atoms with Gasteiger partial charge in [0.25, 0.3) is 0 Å². The van der Waals surface area contributed by atoms with Gasteiger partial charge in [-0.3, -0.25) is 0 Å². The molecule has 0 aliphatic carbocycles. The highest BCUT2D eigenvalue weighted by molar-refractivity contribution is 6.10. The van der Waals surface area contributed by atoms with Crippen molar-refractivity contribution in [1.82, 2.24) is 4.98 Å². The van der Waals surface area contributed by atoms with Crippen LogP contribution < -0.4 is 0 Å². The second-order valence-corrected chi connectivity index (χ2v) is 5.09. The Morgan fingerprint density at radius 2 is 1.26 bits per heavy atom. The van der Waals surface area contributed by atoms with E-state index in [4.69, 9.17) is 9.47 Å². The number of carbonyl (C=O) groups excluding carboxylic acids is 2. The average Bonchev–Trinajstić information content (AvgIpc) is 2.91. The molecule has 2 aromatic carbocycles. The molecule has 5 nitrogen and oxygen atoms in total. The molecular weight excluding hydrogens is 294 g/mol. The minimum atomic E-state index is -0.347. The summed E-state index contributed by atoms with van der Waals surface area (Å²) in [4.78, 5) is 26.9. The third kappa shape index (κ3) is 2.77. The molecular formula is C18H17NO4. The number of rotatable bonds is 4. The van der Waals surface area contributed by atoms with E-state index in [9.17, 15) is 9.59 Å². The van der Waals surface area contributed by atoms with Gasteiger partial charge in [0.2, 0.25) is 0 Å². The predicted molar refractivity (Wildman–Crippen MR) is 87.7 cm³/mol. The van der Waals surface area contributed by atoms with Gasteiger partial charge in [-0.1, -0.05) is 12.1 Å². The van der Waals surface area contributed by atoms with E-state index in [2.05, 4.69) is 4.98 Å². The highest BCUT2D eigenvalue weighted by Crippen LogP contribution is 2.27. The Bertz CT molecular complexity index is 822. The molecule has 1 aromatic heterocycles. The van der Waals surface area contributed by atoms with Crippen LogP contribution in [0.2, 0.25) is 0 Å². The van der Waals surface area contributed by atoms with Crippen LogP contribution in [0.25, 0.3) is 21.8 Å². The summed E-state index contributed by atoms with van der Waals surface area (Å²) in [6.07, 6.45) is 0. The quantitative estimate of drug-likeness (QED) is 0.746. The number of esters is 2. The summed E-state index contributed by atoms with van der Waals surface area (Å²) in [6.45, 7) is 4.23. The fraction of sp³-hybridized carbons (Fsp3) is 0.222. The van der Waals surface area contributed by atoms with Gasteiger partial charge in [0.15, 0.2) is 0 Å². The third-order valence-corrected chi connectivity index (χ3v) is 3.62. The lowest BCUT2D eigenvalue weighted by Crippen LogP contribution is -2.03. The number of H-pyrrole nitrogens is 1. The van der Waals surface area contributed by atoms with Crippen molar-refractivity contribution in [1.29, 1.82) is 0 Å². The van der Waals surface area contributed by atoms with Crippen LogP contribution in [-0.2, 0) is 9.47 Å². The average molecular weight is 311 g/mol. The summed E-state index contributed by atoms with van der Waals surface area (Å²) in [7, 11) is 0. The maximum Gasteiger partial charge on any atom is 0.338 e. The standard InChI is InChI=1S/C18H17NO4/c1-3-22-17(20)11-5-7-13-14-8-6-12(18(21)23-4-2)10-16(14)19-15(13)9-11/h5-10,19H,3-4H2,1-2H3. The molecule has 0 spiro atoms. The van der Waals surface area contributed by atoms with Crippen LogP contribution in [0, 0.1) is 0 Å². The van der Waals surface area contributed by atoms with E-state index in [0.717, 1.165) is 21.8 Å². The van der Waals surface area contributed by atoms with Crippen LogP contribution in [0.15, 0.2) is 36.4 Å². The van der Waals surface area contributed by atoms with Crippen molar-refractivity contribution < 1.29 is 19.1 Å². The molecule has 0 saturated heterocycles. The van der Waals surface area contributed by atoms with Crippen LogP contribution in [0.5, 0.6) is 0 Å². The summed E-state index contributed by atoms with van der Waals surface area (Å²) in [6, 6.07) is 10.8. The smallest absolute Gasteiger partial charge is 0.338 e. The van der Waals surface area contributed by atoms with Gasteiger partial charge >= 0.3 is 11.9 Å². The predicted octanol–water partition coefficient (Wildman–Crippen LogP) is 3.67. The molecule has 0 aliphatic rings. The number of benzene rings is 2. The summed E-state index contributed by atoms with van der Waals surface area (Å²) in [5, 5.41) is 1.98. The number of nitrogens with one attached hydrogen (secondary N) is 1. The van der Waals surface area contributed by atoms with Gasteiger partial charge in [0.05, 0.1) is 24.3 Å². The Morgan fingerprint density at radius 3 is 1.65 bits per heavy atom. The van der Waals surface area contributed by atoms with Crippen molar-refractivity contribution in [3.63, 3.8) is 0 Å². The molecule has 3 aromatic rings. The van der Waals surface area contributed by atoms with Gasteiger partial charge in [0, 0.05) is 21.8 Å². The summed E-state index contributed by atoms with van der Waals surface area (Å²) < 4.78 is 10.0. The Hall–Kier alpha value is -2.82. The maximum atomic E-state index is 11.8. The first kappa shape index (κ1) is 15.1. The summed E-state index contributed by atoms with van der Waals surface area (Å²) >= 11 is 0. The van der Waals surface area contributed by atoms with Crippen molar-refractivity contribution in [2.75, 3.05) is 13.2 Å². The maximum absolute atomic E-state index is 11.8. The first-order chi connectivity index (χ1) is 11.1. The second-order valence-electron chi connectivity index (χ2n) is 5.09. The van der Waals surface area contributed by atoms with E-state index in [1.165, 1.54) is 0 Å². The molecule has 0 saturated carbocycles. The van der Waals surface area contributed by atoms with Crippen molar-refractivity contribution in [2.45, 2.75) is 13.8 Å². The second kappa shape index (κ2) is 6.12. The van der Waals surface area contributed by atoms with E-state index < -0.39 is 0 Å². The molecule has 0 bridgehead atoms. The van der Waals surface area contributed by atoms with E-state index in [0.29, 0.717) is 24.3 Å². The summed E-state index contributed by atoms with van der Waals surface area (Å²) in [5.41, 5.74) is 2.64. The van der Waals surface area contributed by atoms with Crippen molar-refractivity contribution in [2.24, 2.45) is 0 Å². The zero-order valence-electron chi connectivity index (χ0n) is 13.0. The zero-order valence-corrected chi connectivity index (χ0v) is 13.0. The molecule has 118 valence electrons. The van der Waals surface area contributed by atoms with E-state index in [1.807, 2.05) is 12.1 Å². The Balaban J connectivity index is 2.06. The van der Waals surface area contributed by atoms with Gasteiger partial charge in [-0.25, -0.2) is 9.59 Å². The fourth-order valence-corrected chi connectivity index (χ4v) is 2.59. The number of ether oxygens (including phenoxy) is 2. The van der Waals surface area contributed by atoms with E-state index in [1.54, 1.807) is 38.1 Å². The first-order valence-corrected chi connectivity index (χ1v) is 7.53. The van der Waals surface area contributed by atoms with Gasteiger partial charge in [-0.15, -0.1) is 0 Å². The number of hydrogen-bond acceptors (Lipinski definition) is 4. The minimum Gasteiger partial charge on any atom is -0.462 e. The van der Waals surface area contributed by atoms with Crippen LogP contribution in [0.1, 0.15) is 34.6 Å². The van der Waals surface area contributed by atoms with Gasteiger partial charge < -0.3 is 14.5 Å². The lowest BCUT2D eigenvalue weighted by atomic mass is 10.1. The molecule has 0 amide bonds. The molecule has 23 heavy (non-hydrogen) atoms. The van der Waals surface area contributed by atoms with Crippen molar-refractivity contribution in [3.8, 4) is 0 Å². The van der Waals surface area contributed by atoms with Crippen molar-refractivity contribution >= 4 is 33.7 Å². The number of hydrogen-bond donors (Lipinski definition) is 1. The Kier molecular flexibility index (Phi) is 4.02. The van der Waals surface area contributed by atoms with Gasteiger partial charge in [-0.05, 0) is 38.1 Å². The monoisotopic (exact) mass is 311 g/mol. The lowest BCUT2D eigenvalue weighted by molar-refractivity contribution is 0.0517. The largest absolute Gasteiger partial charge is 0.462 e. The highest BCUT2D eigenvalue weighted by Gasteiger charge is 2.12. The molecule has 0 fully saturated rings. The SMILES string of the molecule is CCOC(=O)c1ccc2c(c1)[nH]c1cc(C(=O)OCC)ccc12. The normalized spacial score (nSPS) is 10.9. The number of aromatic nitrogens is 1. The molecule has 3 rings (SSSR count). The Morgan fingerprint density at radius 1 is 0.826 bits per heavy atom. The molecule has 1 heterocycles. The molecule has 0 aliphatic heterocycles. The summed E-state index contributed by atoms with van der Waals surface area (Å²) in [5.74, 6) is -0.694. The highest BCUT2D eigenvalue weighted by atomic mass is 16.5. The van der Waals surface area contributed by atoms with Crippen LogP contribution in [0.4, 0.5) is 0 Å². The van der Waals surface area contributed by atoms with Crippen molar-refractivity contribution in [3.05, 3.63) is 47.5 Å². The molecule has 0 atom stereocenters. The zero-order chi connectivity index (χ0) is 16.4. The number of aromatic amines is 1.